The molecule has 2 atom stereocenters. The number of H-pyrrole nitrogens is 2. The Morgan fingerprint density at radius 2 is 1.61 bits per heavy atom. The Bertz CT molecular complexity index is 2930. The molecule has 2 saturated heterocycles. The van der Waals surface area contributed by atoms with Crippen molar-refractivity contribution in [2.24, 2.45) is 0 Å². The van der Waals surface area contributed by atoms with E-state index in [9.17, 15) is 9.59 Å². The molecule has 2 aliphatic rings. The van der Waals surface area contributed by atoms with Gasteiger partial charge in [-0.2, -0.15) is 0 Å². The Balaban J connectivity index is 0.745. The highest BCUT2D eigenvalue weighted by atomic mass is 16.5. The zero-order chi connectivity index (χ0) is 48.0. The van der Waals surface area contributed by atoms with Crippen molar-refractivity contribution in [3.05, 3.63) is 109 Å². The third-order valence-electron chi connectivity index (χ3n) is 12.9. The van der Waals surface area contributed by atoms with E-state index in [1.54, 1.807) is 34.1 Å². The topological polar surface area (TPSA) is 202 Å². The lowest BCUT2D eigenvalue weighted by atomic mass is 10.1. The first-order chi connectivity index (χ1) is 33.5. The number of hydrogen-bond donors (Lipinski definition) is 4. The van der Waals surface area contributed by atoms with E-state index in [4.69, 9.17) is 39.8 Å². The molecule has 0 aliphatic carbocycles. The number of aromatic nitrogens is 6. The quantitative estimate of drug-likeness (QED) is 0.0326. The highest BCUT2D eigenvalue weighted by Gasteiger charge is 2.39. The number of carbonyl (C=O) groups is 2. The summed E-state index contributed by atoms with van der Waals surface area (Å²) in [5, 5.41) is 9.12. The van der Waals surface area contributed by atoms with Gasteiger partial charge in [-0.15, -0.1) is 0 Å². The summed E-state index contributed by atoms with van der Waals surface area (Å²) in [6, 6.07) is 23.5. The molecule has 7 aromatic rings. The number of aromatic amines is 2. The Hall–Kier alpha value is -7.37. The molecule has 0 spiro atoms. The van der Waals surface area contributed by atoms with Crippen molar-refractivity contribution in [3.8, 4) is 40.0 Å². The number of nitrogens with zero attached hydrogens (tertiary/aromatic N) is 7. The fourth-order valence-corrected chi connectivity index (χ4v) is 9.09. The number of nitrogens with two attached hydrogens (primary N) is 1. The van der Waals surface area contributed by atoms with Crippen LogP contribution in [0.4, 0.5) is 11.4 Å². The number of aryl methyl sites for hydroxylation is 1. The summed E-state index contributed by atoms with van der Waals surface area (Å²) in [4.78, 5) is 53.0. The molecule has 2 fully saturated rings. The summed E-state index contributed by atoms with van der Waals surface area (Å²) >= 11 is 0. The number of carbonyl (C=O) groups excluding carboxylic acids is 1. The molecule has 5 heterocycles. The SMILES string of the molecule is C=C1CC([C@H](OCC)n2cnc(CCC(=O)O)c2)N(C(=O)c2cc(OC)c(OCCCCCOc3ccc(-c4nc5ccc(-c6nc7cc(N8CCN(C)CC8)ccc7[nH]6)cc5[nH]4)cc3)cc2N)C1. The smallest absolute Gasteiger partial charge is 0.303 e. The average molecular weight is 937 g/mol. The first kappa shape index (κ1) is 46.7. The number of nitrogen functional groups attached to an aromatic ring is 1. The second kappa shape index (κ2) is 20.9. The maximum absolute atomic E-state index is 14.2. The van der Waals surface area contributed by atoms with Crippen LogP contribution in [0.25, 0.3) is 44.8 Å². The monoisotopic (exact) mass is 936 g/mol. The number of fused-ring (bicyclic) bond motifs is 2. The molecule has 1 unspecified atom stereocenters. The summed E-state index contributed by atoms with van der Waals surface area (Å²) in [6.45, 7) is 11.9. The van der Waals surface area contributed by atoms with E-state index in [0.717, 1.165) is 102 Å². The Labute approximate surface area is 400 Å². The normalized spacial score (nSPS) is 15.9. The van der Waals surface area contributed by atoms with Crippen molar-refractivity contribution >= 4 is 45.3 Å². The van der Waals surface area contributed by atoms with Gasteiger partial charge in [0.05, 0.1) is 72.4 Å². The number of methoxy groups -OCH3 is 1. The predicted molar refractivity (Wildman–Crippen MR) is 266 cm³/mol. The van der Waals surface area contributed by atoms with Crippen LogP contribution in [0.5, 0.6) is 17.2 Å². The molecule has 1 amide bonds. The molecule has 9 rings (SSSR count). The molecule has 3 aromatic heterocycles. The molecule has 2 aliphatic heterocycles. The van der Waals surface area contributed by atoms with E-state index in [2.05, 4.69) is 68.7 Å². The largest absolute Gasteiger partial charge is 0.494 e. The number of carboxylic acids is 1. The molecular weight excluding hydrogens is 877 g/mol. The van der Waals surface area contributed by atoms with Crippen molar-refractivity contribution in [2.75, 3.05) is 77.3 Å². The number of imidazole rings is 3. The van der Waals surface area contributed by atoms with Crippen LogP contribution in [0, 0.1) is 0 Å². The van der Waals surface area contributed by atoms with Crippen LogP contribution in [0.3, 0.4) is 0 Å². The lowest BCUT2D eigenvalue weighted by Gasteiger charge is -2.34. The van der Waals surface area contributed by atoms with Gasteiger partial charge in [0.1, 0.15) is 17.4 Å². The van der Waals surface area contributed by atoms with Gasteiger partial charge in [0.25, 0.3) is 5.91 Å². The maximum Gasteiger partial charge on any atom is 0.303 e. The number of nitrogens with one attached hydrogen (secondary N) is 2. The van der Waals surface area contributed by atoms with E-state index in [1.807, 2.05) is 37.3 Å². The van der Waals surface area contributed by atoms with Gasteiger partial charge >= 0.3 is 5.97 Å². The van der Waals surface area contributed by atoms with E-state index in [0.29, 0.717) is 50.0 Å². The number of hydrogen-bond acceptors (Lipinski definition) is 12. The van der Waals surface area contributed by atoms with Gasteiger partial charge in [-0.05, 0) is 106 Å². The van der Waals surface area contributed by atoms with Gasteiger partial charge in [0.15, 0.2) is 17.7 Å². The van der Waals surface area contributed by atoms with Gasteiger partial charge < -0.3 is 59.0 Å². The molecule has 17 heteroatoms. The van der Waals surface area contributed by atoms with Gasteiger partial charge in [0, 0.05) is 80.5 Å². The van der Waals surface area contributed by atoms with Crippen LogP contribution in [0.2, 0.25) is 0 Å². The minimum Gasteiger partial charge on any atom is -0.494 e. The van der Waals surface area contributed by atoms with Gasteiger partial charge in [-0.25, -0.2) is 15.0 Å². The van der Waals surface area contributed by atoms with Crippen molar-refractivity contribution in [3.63, 3.8) is 0 Å². The first-order valence-electron chi connectivity index (χ1n) is 23.6. The number of rotatable bonds is 20. The number of aliphatic carboxylic acids is 1. The second-order valence-corrected chi connectivity index (χ2v) is 17.8. The number of amides is 1. The Morgan fingerprint density at radius 1 is 0.870 bits per heavy atom. The lowest BCUT2D eigenvalue weighted by molar-refractivity contribution is -0.137. The van der Waals surface area contributed by atoms with Gasteiger partial charge in [-0.3, -0.25) is 9.59 Å². The standard InChI is InChI=1S/C52H60N10O7/c1-5-67-52(61-31-36(54-32-61)12-18-48(63)64)45-25-33(2)30-62(45)51(65)39-28-46(66-4)47(29-40(39)53)69-24-8-6-7-23-68-38-14-9-34(10-15-38)49-55-41-16-11-35(26-43(41)57-49)50-56-42-17-13-37(27-44(42)58-50)60-21-19-59(3)20-22-60/h9-11,13-17,26-29,31-32,45,52H,2,5-8,12,18-25,30,53H2,1,3-4H3,(H,55,57)(H,56,58)(H,63,64)/t45?,52-/m0/s1. The molecular formula is C52H60N10O7. The van der Waals surface area contributed by atoms with Crippen LogP contribution in [0.1, 0.15) is 61.3 Å². The number of anilines is 2. The lowest BCUT2D eigenvalue weighted by Crippen LogP contribution is -2.44. The highest BCUT2D eigenvalue weighted by molar-refractivity contribution is 6.00. The van der Waals surface area contributed by atoms with E-state index < -0.39 is 18.2 Å². The second-order valence-electron chi connectivity index (χ2n) is 17.8. The summed E-state index contributed by atoms with van der Waals surface area (Å²) in [5.74, 6) is 2.06. The molecule has 0 saturated carbocycles. The van der Waals surface area contributed by atoms with Crippen molar-refractivity contribution in [1.29, 1.82) is 0 Å². The number of piperazine rings is 1. The van der Waals surface area contributed by atoms with Gasteiger partial charge in [-0.1, -0.05) is 12.2 Å². The molecule has 0 bridgehead atoms. The highest BCUT2D eigenvalue weighted by Crippen LogP contribution is 2.37. The van der Waals surface area contributed by atoms with Crippen LogP contribution >= 0.6 is 0 Å². The van der Waals surface area contributed by atoms with Crippen LogP contribution in [-0.4, -0.2) is 129 Å². The third-order valence-corrected chi connectivity index (χ3v) is 12.9. The molecule has 4 aromatic carbocycles. The number of benzene rings is 4. The molecule has 5 N–H and O–H groups in total. The van der Waals surface area contributed by atoms with Crippen LogP contribution < -0.4 is 24.8 Å². The van der Waals surface area contributed by atoms with Crippen molar-refractivity contribution < 1.29 is 33.6 Å². The van der Waals surface area contributed by atoms with Crippen molar-refractivity contribution in [1.82, 2.24) is 39.3 Å². The Morgan fingerprint density at radius 3 is 2.38 bits per heavy atom. The number of carboxylic acid groups (broad SMARTS) is 1. The fourth-order valence-electron chi connectivity index (χ4n) is 9.09. The van der Waals surface area contributed by atoms with Crippen LogP contribution in [-0.2, 0) is 16.0 Å². The number of ether oxygens (including phenoxy) is 4. The van der Waals surface area contributed by atoms with E-state index >= 15 is 0 Å². The minimum atomic E-state index is -0.897. The maximum atomic E-state index is 14.2. The number of unbranched alkanes of at least 4 members (excludes halogenated alkanes) is 2. The number of likely N-dealkylation sites (N-methyl/N-ethyl adjacent to an activating group) is 1. The summed E-state index contributed by atoms with van der Waals surface area (Å²) in [7, 11) is 3.70. The summed E-state index contributed by atoms with van der Waals surface area (Å²) < 4.78 is 25.8. The zero-order valence-corrected chi connectivity index (χ0v) is 39.4. The average Bonchev–Trinajstić information content (AvgIpc) is 4.18. The van der Waals surface area contributed by atoms with Crippen molar-refractivity contribution in [2.45, 2.75) is 57.7 Å². The van der Waals surface area contributed by atoms with Gasteiger partial charge in [0.2, 0.25) is 0 Å². The fraction of sp³-hybridized carbons (Fsp3) is 0.365. The molecule has 69 heavy (non-hydrogen) atoms. The minimum absolute atomic E-state index is 0.0337. The Kier molecular flexibility index (Phi) is 14.1. The zero-order valence-electron chi connectivity index (χ0n) is 39.4. The molecule has 360 valence electrons. The first-order valence-corrected chi connectivity index (χ1v) is 23.6. The summed E-state index contributed by atoms with van der Waals surface area (Å²) in [6.07, 6.45) is 6.07. The number of likely N-dealkylation sites (tertiary alicyclic amines) is 1. The predicted octanol–water partition coefficient (Wildman–Crippen LogP) is 7.96. The summed E-state index contributed by atoms with van der Waals surface area (Å²) in [5.41, 5.74) is 15.5. The third kappa shape index (κ3) is 10.7. The van der Waals surface area contributed by atoms with E-state index in [-0.39, 0.29) is 30.0 Å². The van der Waals surface area contributed by atoms with E-state index in [1.165, 1.54) is 12.8 Å². The van der Waals surface area contributed by atoms with Crippen LogP contribution in [0.15, 0.2) is 97.5 Å². The molecule has 17 nitrogen and oxygen atoms in total. The molecule has 0 radical (unpaired) electrons.